The minimum atomic E-state index is -0.488. The topological polar surface area (TPSA) is 65.1 Å². The van der Waals surface area contributed by atoms with E-state index >= 15 is 0 Å². The number of fused-ring (bicyclic) bond motifs is 1. The van der Waals surface area contributed by atoms with Crippen LogP contribution in [0.4, 0.5) is 4.39 Å². The van der Waals surface area contributed by atoms with E-state index in [1.807, 2.05) is 0 Å². The number of hydrogen-bond acceptors (Lipinski definition) is 2. The summed E-state index contributed by atoms with van der Waals surface area (Å²) in [4.78, 5) is 15.0. The maximum Gasteiger partial charge on any atom is 0.267 e. The first-order chi connectivity index (χ1) is 10.1. The minimum absolute atomic E-state index is 0.257. The molecule has 0 saturated heterocycles. The third-order valence-electron chi connectivity index (χ3n) is 4.24. The Bertz CT molecular complexity index is 647. The maximum absolute atomic E-state index is 13.1. The zero-order valence-electron chi connectivity index (χ0n) is 11.7. The number of aliphatic hydroxyl groups excluding tert-OH is 1. The number of amides is 1. The quantitative estimate of drug-likeness (QED) is 0.810. The number of carbonyl (C=O) groups is 1. The lowest BCUT2D eigenvalue weighted by molar-refractivity contribution is 0.0837. The Labute approximate surface area is 122 Å². The SMILES string of the molecule is O=C(NCC(O)C1CCCC1)c1cc2cc(F)ccc2[nH]1. The molecule has 5 heteroatoms. The highest BCUT2D eigenvalue weighted by Gasteiger charge is 2.23. The van der Waals surface area contributed by atoms with E-state index in [2.05, 4.69) is 10.3 Å². The third-order valence-corrected chi connectivity index (χ3v) is 4.24. The molecule has 3 rings (SSSR count). The van der Waals surface area contributed by atoms with Crippen LogP contribution in [0.1, 0.15) is 36.2 Å². The molecule has 0 spiro atoms. The van der Waals surface area contributed by atoms with Crippen LogP contribution in [-0.4, -0.2) is 28.6 Å². The average Bonchev–Trinajstić information content (AvgIpc) is 3.12. The molecule has 1 atom stereocenters. The lowest BCUT2D eigenvalue weighted by Gasteiger charge is -2.17. The van der Waals surface area contributed by atoms with Crippen molar-refractivity contribution in [2.24, 2.45) is 5.92 Å². The van der Waals surface area contributed by atoms with Crippen molar-refractivity contribution in [3.05, 3.63) is 35.8 Å². The predicted molar refractivity (Wildman–Crippen MR) is 78.6 cm³/mol. The molecule has 2 aromatic rings. The summed E-state index contributed by atoms with van der Waals surface area (Å²) in [5.41, 5.74) is 1.10. The minimum Gasteiger partial charge on any atom is -0.391 e. The lowest BCUT2D eigenvalue weighted by Crippen LogP contribution is -2.35. The van der Waals surface area contributed by atoms with Crippen molar-refractivity contribution in [2.45, 2.75) is 31.8 Å². The number of aromatic amines is 1. The highest BCUT2D eigenvalue weighted by Crippen LogP contribution is 2.27. The van der Waals surface area contributed by atoms with E-state index in [1.165, 1.54) is 12.1 Å². The second-order valence-electron chi connectivity index (χ2n) is 5.74. The fourth-order valence-electron chi connectivity index (χ4n) is 3.03. The molecule has 1 saturated carbocycles. The average molecular weight is 290 g/mol. The number of aliphatic hydroxyl groups is 1. The third kappa shape index (κ3) is 3.08. The van der Waals surface area contributed by atoms with Gasteiger partial charge in [0.2, 0.25) is 0 Å². The first-order valence-electron chi connectivity index (χ1n) is 7.38. The zero-order chi connectivity index (χ0) is 14.8. The molecule has 1 fully saturated rings. The number of halogens is 1. The van der Waals surface area contributed by atoms with Gasteiger partial charge in [0.05, 0.1) is 6.10 Å². The molecule has 3 N–H and O–H groups in total. The van der Waals surface area contributed by atoms with Gasteiger partial charge in [-0.3, -0.25) is 4.79 Å². The van der Waals surface area contributed by atoms with Gasteiger partial charge < -0.3 is 15.4 Å². The molecule has 1 aliphatic carbocycles. The predicted octanol–water partition coefficient (Wildman–Crippen LogP) is 2.59. The molecule has 4 nitrogen and oxygen atoms in total. The molecule has 1 heterocycles. The van der Waals surface area contributed by atoms with Crippen LogP contribution in [0.15, 0.2) is 24.3 Å². The number of carbonyl (C=O) groups excluding carboxylic acids is 1. The second-order valence-corrected chi connectivity index (χ2v) is 5.74. The number of benzene rings is 1. The fraction of sp³-hybridized carbons (Fsp3) is 0.438. The Morgan fingerprint density at radius 1 is 1.38 bits per heavy atom. The van der Waals surface area contributed by atoms with E-state index < -0.39 is 6.10 Å². The number of rotatable bonds is 4. The van der Waals surface area contributed by atoms with Crippen molar-refractivity contribution in [3.8, 4) is 0 Å². The Morgan fingerprint density at radius 3 is 2.90 bits per heavy atom. The van der Waals surface area contributed by atoms with Crippen LogP contribution in [0, 0.1) is 11.7 Å². The fourth-order valence-corrected chi connectivity index (χ4v) is 3.03. The van der Waals surface area contributed by atoms with E-state index in [4.69, 9.17) is 0 Å². The molecule has 21 heavy (non-hydrogen) atoms. The van der Waals surface area contributed by atoms with Gasteiger partial charge in [0.15, 0.2) is 0 Å². The summed E-state index contributed by atoms with van der Waals surface area (Å²) < 4.78 is 13.1. The Kier molecular flexibility index (Phi) is 3.92. The highest BCUT2D eigenvalue weighted by molar-refractivity contribution is 5.98. The first kappa shape index (κ1) is 14.1. The van der Waals surface area contributed by atoms with E-state index in [0.29, 0.717) is 17.0 Å². The number of nitrogens with one attached hydrogen (secondary N) is 2. The van der Waals surface area contributed by atoms with Crippen LogP contribution in [-0.2, 0) is 0 Å². The van der Waals surface area contributed by atoms with Gasteiger partial charge >= 0.3 is 0 Å². The molecular formula is C16H19FN2O2. The van der Waals surface area contributed by atoms with E-state index in [1.54, 1.807) is 12.1 Å². The Hall–Kier alpha value is -1.88. The number of hydrogen-bond donors (Lipinski definition) is 3. The summed E-state index contributed by atoms with van der Waals surface area (Å²) in [7, 11) is 0. The van der Waals surface area contributed by atoms with E-state index in [-0.39, 0.29) is 18.3 Å². The van der Waals surface area contributed by atoms with Gasteiger partial charge in [-0.05, 0) is 43.0 Å². The van der Waals surface area contributed by atoms with Crippen LogP contribution in [0.5, 0.6) is 0 Å². The summed E-state index contributed by atoms with van der Waals surface area (Å²) in [6.07, 6.45) is 3.89. The van der Waals surface area contributed by atoms with Crippen LogP contribution < -0.4 is 5.32 Å². The Balaban J connectivity index is 1.63. The summed E-state index contributed by atoms with van der Waals surface area (Å²) >= 11 is 0. The largest absolute Gasteiger partial charge is 0.391 e. The van der Waals surface area contributed by atoms with Gasteiger partial charge in [0.25, 0.3) is 5.91 Å². The van der Waals surface area contributed by atoms with Crippen LogP contribution in [0.3, 0.4) is 0 Å². The smallest absolute Gasteiger partial charge is 0.267 e. The van der Waals surface area contributed by atoms with Crippen molar-refractivity contribution in [2.75, 3.05) is 6.54 Å². The molecule has 0 bridgehead atoms. The summed E-state index contributed by atoms with van der Waals surface area (Å²) in [6, 6.07) is 5.96. The summed E-state index contributed by atoms with van der Waals surface area (Å²) in [5.74, 6) is -0.309. The molecular weight excluding hydrogens is 271 g/mol. The van der Waals surface area contributed by atoms with E-state index in [0.717, 1.165) is 31.2 Å². The van der Waals surface area contributed by atoms with Crippen molar-refractivity contribution in [3.63, 3.8) is 0 Å². The molecule has 0 radical (unpaired) electrons. The lowest BCUT2D eigenvalue weighted by atomic mass is 10.0. The zero-order valence-corrected chi connectivity index (χ0v) is 11.7. The molecule has 1 aromatic heterocycles. The van der Waals surface area contributed by atoms with Gasteiger partial charge in [-0.2, -0.15) is 0 Å². The molecule has 1 amide bonds. The van der Waals surface area contributed by atoms with Gasteiger partial charge in [-0.1, -0.05) is 12.8 Å². The van der Waals surface area contributed by atoms with Crippen LogP contribution in [0.25, 0.3) is 10.9 Å². The molecule has 1 aliphatic rings. The first-order valence-corrected chi connectivity index (χ1v) is 7.38. The molecule has 112 valence electrons. The van der Waals surface area contributed by atoms with Gasteiger partial charge in [-0.15, -0.1) is 0 Å². The van der Waals surface area contributed by atoms with Crippen molar-refractivity contribution < 1.29 is 14.3 Å². The molecule has 1 unspecified atom stereocenters. The van der Waals surface area contributed by atoms with Gasteiger partial charge in [0, 0.05) is 17.4 Å². The van der Waals surface area contributed by atoms with Gasteiger partial charge in [0.1, 0.15) is 11.5 Å². The van der Waals surface area contributed by atoms with Crippen molar-refractivity contribution in [1.82, 2.24) is 10.3 Å². The Morgan fingerprint density at radius 2 is 2.14 bits per heavy atom. The molecule has 0 aliphatic heterocycles. The monoisotopic (exact) mass is 290 g/mol. The van der Waals surface area contributed by atoms with Crippen molar-refractivity contribution in [1.29, 1.82) is 0 Å². The second kappa shape index (κ2) is 5.85. The molecule has 1 aromatic carbocycles. The van der Waals surface area contributed by atoms with Gasteiger partial charge in [-0.25, -0.2) is 4.39 Å². The summed E-state index contributed by atoms with van der Waals surface area (Å²) in [5, 5.41) is 13.4. The normalized spacial score (nSPS) is 17.2. The van der Waals surface area contributed by atoms with Crippen molar-refractivity contribution >= 4 is 16.8 Å². The maximum atomic E-state index is 13.1. The van der Waals surface area contributed by atoms with Crippen LogP contribution in [0.2, 0.25) is 0 Å². The van der Waals surface area contributed by atoms with Crippen LogP contribution >= 0.6 is 0 Å². The summed E-state index contributed by atoms with van der Waals surface area (Å²) in [6.45, 7) is 0.257. The number of H-pyrrole nitrogens is 1. The van der Waals surface area contributed by atoms with E-state index in [9.17, 15) is 14.3 Å². The number of aromatic nitrogens is 1. The highest BCUT2D eigenvalue weighted by atomic mass is 19.1. The standard InChI is InChI=1S/C16H19FN2O2/c17-12-5-6-13-11(7-12)8-14(19-13)16(21)18-9-15(20)10-3-1-2-4-10/h5-8,10,15,19-20H,1-4,9H2,(H,18,21).